The molecule has 0 aliphatic carbocycles. The standard InChI is InChI=1S/C20H27NO6/c1-5-25-17(22)14-12-16(26-18(14)23)15(11-13-9-7-6-8-10-13)21-19(24)27-20(2,3)4/h6-10,14-16H,5,11-12H2,1-4H3,(H,21,24)/t14?,15-,16-/m0/s1. The highest BCUT2D eigenvalue weighted by Gasteiger charge is 2.44. The largest absolute Gasteiger partial charge is 0.465 e. The molecule has 1 aliphatic heterocycles. The maximum absolute atomic E-state index is 12.2. The van der Waals surface area contributed by atoms with Crippen LogP contribution < -0.4 is 5.32 Å². The molecule has 1 aliphatic rings. The zero-order valence-electron chi connectivity index (χ0n) is 16.2. The number of carbonyl (C=O) groups excluding carboxylic acids is 3. The average molecular weight is 377 g/mol. The Morgan fingerprint density at radius 1 is 1.26 bits per heavy atom. The number of nitrogens with one attached hydrogen (secondary N) is 1. The fourth-order valence-corrected chi connectivity index (χ4v) is 2.89. The van der Waals surface area contributed by atoms with Crippen LogP contribution in [0.4, 0.5) is 4.79 Å². The number of cyclic esters (lactones) is 1. The van der Waals surface area contributed by atoms with E-state index in [1.165, 1.54) is 0 Å². The molecule has 1 N–H and O–H groups in total. The molecule has 3 atom stereocenters. The molecule has 1 heterocycles. The van der Waals surface area contributed by atoms with Gasteiger partial charge in [-0.25, -0.2) is 4.79 Å². The molecule has 27 heavy (non-hydrogen) atoms. The van der Waals surface area contributed by atoms with Gasteiger partial charge in [-0.05, 0) is 39.7 Å². The molecule has 0 spiro atoms. The van der Waals surface area contributed by atoms with Crippen LogP contribution in [0.15, 0.2) is 30.3 Å². The number of carbonyl (C=O) groups is 3. The molecular formula is C20H27NO6. The van der Waals surface area contributed by atoms with Crippen LogP contribution in [0.2, 0.25) is 0 Å². The Bertz CT molecular complexity index is 667. The van der Waals surface area contributed by atoms with E-state index in [0.717, 1.165) is 5.56 Å². The summed E-state index contributed by atoms with van der Waals surface area (Å²) in [6.07, 6.45) is -0.642. The number of benzene rings is 1. The Morgan fingerprint density at radius 2 is 1.93 bits per heavy atom. The quantitative estimate of drug-likeness (QED) is 0.466. The molecule has 1 aromatic carbocycles. The third-order valence-electron chi connectivity index (χ3n) is 4.04. The van der Waals surface area contributed by atoms with Crippen molar-refractivity contribution in [2.45, 2.75) is 58.3 Å². The minimum absolute atomic E-state index is 0.158. The Labute approximate surface area is 159 Å². The van der Waals surface area contributed by atoms with Crippen molar-refractivity contribution in [2.75, 3.05) is 6.61 Å². The molecule has 1 fully saturated rings. The summed E-state index contributed by atoms with van der Waals surface area (Å²) in [5.41, 5.74) is 0.315. The van der Waals surface area contributed by atoms with Gasteiger partial charge < -0.3 is 19.5 Å². The molecule has 0 aromatic heterocycles. The van der Waals surface area contributed by atoms with Crippen LogP contribution in [0, 0.1) is 5.92 Å². The molecule has 148 valence electrons. The third kappa shape index (κ3) is 6.27. The summed E-state index contributed by atoms with van der Waals surface area (Å²) in [7, 11) is 0. The second kappa shape index (κ2) is 8.88. The van der Waals surface area contributed by atoms with Gasteiger partial charge in [0.1, 0.15) is 11.7 Å². The van der Waals surface area contributed by atoms with E-state index in [1.54, 1.807) is 27.7 Å². The Hall–Kier alpha value is -2.57. The summed E-state index contributed by atoms with van der Waals surface area (Å²) in [5.74, 6) is -2.18. The highest BCUT2D eigenvalue weighted by Crippen LogP contribution is 2.26. The fraction of sp³-hybridized carbons (Fsp3) is 0.550. The lowest BCUT2D eigenvalue weighted by Crippen LogP contribution is -2.46. The van der Waals surface area contributed by atoms with E-state index in [2.05, 4.69) is 5.32 Å². The lowest BCUT2D eigenvalue weighted by molar-refractivity contribution is -0.156. The molecule has 0 radical (unpaired) electrons. The van der Waals surface area contributed by atoms with Gasteiger partial charge in [0.05, 0.1) is 12.6 Å². The molecule has 2 rings (SSSR count). The van der Waals surface area contributed by atoms with Gasteiger partial charge in [-0.1, -0.05) is 30.3 Å². The van der Waals surface area contributed by atoms with Crippen molar-refractivity contribution in [1.82, 2.24) is 5.32 Å². The summed E-state index contributed by atoms with van der Waals surface area (Å²) in [4.78, 5) is 36.3. The first kappa shape index (κ1) is 20.7. The molecule has 7 heteroatoms. The number of amides is 1. The van der Waals surface area contributed by atoms with Crippen LogP contribution in [0.1, 0.15) is 39.7 Å². The smallest absolute Gasteiger partial charge is 0.408 e. The van der Waals surface area contributed by atoms with E-state index >= 15 is 0 Å². The normalized spacial score (nSPS) is 20.5. The summed E-state index contributed by atoms with van der Waals surface area (Å²) in [5, 5.41) is 2.79. The maximum atomic E-state index is 12.2. The molecule has 7 nitrogen and oxygen atoms in total. The van der Waals surface area contributed by atoms with Crippen molar-refractivity contribution in [3.05, 3.63) is 35.9 Å². The van der Waals surface area contributed by atoms with Crippen LogP contribution >= 0.6 is 0 Å². The van der Waals surface area contributed by atoms with Crippen molar-refractivity contribution < 1.29 is 28.6 Å². The van der Waals surface area contributed by atoms with Gasteiger partial charge in [0, 0.05) is 6.42 Å². The van der Waals surface area contributed by atoms with E-state index in [0.29, 0.717) is 6.42 Å². The van der Waals surface area contributed by atoms with E-state index in [1.807, 2.05) is 30.3 Å². The van der Waals surface area contributed by atoms with Crippen LogP contribution in [0.3, 0.4) is 0 Å². The molecule has 1 aromatic rings. The van der Waals surface area contributed by atoms with Crippen LogP contribution in [0.5, 0.6) is 0 Å². The summed E-state index contributed by atoms with van der Waals surface area (Å²) < 4.78 is 15.7. The molecular weight excluding hydrogens is 350 g/mol. The van der Waals surface area contributed by atoms with Crippen molar-refractivity contribution in [3.8, 4) is 0 Å². The van der Waals surface area contributed by atoms with Gasteiger partial charge in [0.2, 0.25) is 0 Å². The average Bonchev–Trinajstić information content (AvgIpc) is 2.95. The maximum Gasteiger partial charge on any atom is 0.408 e. The minimum Gasteiger partial charge on any atom is -0.465 e. The van der Waals surface area contributed by atoms with Gasteiger partial charge in [-0.15, -0.1) is 0 Å². The number of hydrogen-bond donors (Lipinski definition) is 1. The zero-order valence-corrected chi connectivity index (χ0v) is 16.2. The lowest BCUT2D eigenvalue weighted by atomic mass is 9.96. The number of ether oxygens (including phenoxy) is 3. The topological polar surface area (TPSA) is 90.9 Å². The first-order valence-corrected chi connectivity index (χ1v) is 9.10. The third-order valence-corrected chi connectivity index (χ3v) is 4.04. The van der Waals surface area contributed by atoms with Crippen LogP contribution in [-0.2, 0) is 30.2 Å². The molecule has 1 saturated heterocycles. The summed E-state index contributed by atoms with van der Waals surface area (Å²) >= 11 is 0. The van der Waals surface area contributed by atoms with Gasteiger partial charge in [0.15, 0.2) is 5.92 Å². The molecule has 1 amide bonds. The Balaban J connectivity index is 2.13. The number of hydrogen-bond acceptors (Lipinski definition) is 6. The Kier molecular flexibility index (Phi) is 6.82. The predicted molar refractivity (Wildman–Crippen MR) is 97.9 cm³/mol. The molecule has 0 bridgehead atoms. The van der Waals surface area contributed by atoms with E-state index in [9.17, 15) is 14.4 Å². The SMILES string of the molecule is CCOC(=O)C1C[C@@H]([C@H](Cc2ccccc2)NC(=O)OC(C)(C)C)OC1=O. The summed E-state index contributed by atoms with van der Waals surface area (Å²) in [6, 6.07) is 8.99. The van der Waals surface area contributed by atoms with Gasteiger partial charge in [-0.2, -0.15) is 0 Å². The number of esters is 2. The minimum atomic E-state index is -0.964. The zero-order chi connectivity index (χ0) is 20.0. The van der Waals surface area contributed by atoms with Gasteiger partial charge in [-0.3, -0.25) is 9.59 Å². The van der Waals surface area contributed by atoms with Gasteiger partial charge >= 0.3 is 18.0 Å². The predicted octanol–water partition coefficient (Wildman–Crippen LogP) is 2.62. The highest BCUT2D eigenvalue weighted by molar-refractivity contribution is 5.96. The Morgan fingerprint density at radius 3 is 2.52 bits per heavy atom. The highest BCUT2D eigenvalue weighted by atomic mass is 16.6. The van der Waals surface area contributed by atoms with E-state index in [4.69, 9.17) is 14.2 Å². The number of alkyl carbamates (subject to hydrolysis) is 1. The van der Waals surface area contributed by atoms with Crippen molar-refractivity contribution in [2.24, 2.45) is 5.92 Å². The van der Waals surface area contributed by atoms with Crippen LogP contribution in [0.25, 0.3) is 0 Å². The second-order valence-electron chi connectivity index (χ2n) is 7.46. The summed E-state index contributed by atoms with van der Waals surface area (Å²) in [6.45, 7) is 7.18. The van der Waals surface area contributed by atoms with E-state index < -0.39 is 41.7 Å². The lowest BCUT2D eigenvalue weighted by Gasteiger charge is -2.26. The molecule has 1 unspecified atom stereocenters. The van der Waals surface area contributed by atoms with Crippen molar-refractivity contribution in [1.29, 1.82) is 0 Å². The second-order valence-corrected chi connectivity index (χ2v) is 7.46. The van der Waals surface area contributed by atoms with Crippen LogP contribution in [-0.4, -0.2) is 42.4 Å². The molecule has 0 saturated carbocycles. The first-order valence-electron chi connectivity index (χ1n) is 9.10. The van der Waals surface area contributed by atoms with E-state index in [-0.39, 0.29) is 13.0 Å². The number of rotatable bonds is 6. The van der Waals surface area contributed by atoms with Gasteiger partial charge in [0.25, 0.3) is 0 Å². The monoisotopic (exact) mass is 377 g/mol. The fourth-order valence-electron chi connectivity index (χ4n) is 2.89. The van der Waals surface area contributed by atoms with Crippen molar-refractivity contribution in [3.63, 3.8) is 0 Å². The first-order chi connectivity index (χ1) is 12.7. The van der Waals surface area contributed by atoms with Crippen molar-refractivity contribution >= 4 is 18.0 Å².